The molecule has 0 aliphatic carbocycles. The van der Waals surface area contributed by atoms with Crippen molar-refractivity contribution in [1.29, 1.82) is 0 Å². The number of hydrogen-bond acceptors (Lipinski definition) is 3. The molecule has 1 heterocycles. The topological polar surface area (TPSA) is 66.4 Å². The first kappa shape index (κ1) is 13.7. The summed E-state index contributed by atoms with van der Waals surface area (Å²) in [7, 11) is 0. The highest BCUT2D eigenvalue weighted by Crippen LogP contribution is 2.18. The second-order valence-corrected chi connectivity index (χ2v) is 5.70. The molecule has 0 fully saturated rings. The molecule has 0 aliphatic heterocycles. The van der Waals surface area contributed by atoms with Crippen LogP contribution in [0.25, 0.3) is 0 Å². The van der Waals surface area contributed by atoms with Crippen LogP contribution in [0.2, 0.25) is 0 Å². The van der Waals surface area contributed by atoms with E-state index >= 15 is 0 Å². The molecule has 0 bridgehead atoms. The first-order chi connectivity index (χ1) is 7.84. The minimum Gasteiger partial charge on any atom is -0.481 e. The van der Waals surface area contributed by atoms with E-state index in [2.05, 4.69) is 5.32 Å². The Hall–Kier alpha value is -1.36. The van der Waals surface area contributed by atoms with E-state index in [1.54, 1.807) is 19.9 Å². The van der Waals surface area contributed by atoms with E-state index in [9.17, 15) is 9.59 Å². The Morgan fingerprint density at radius 3 is 2.53 bits per heavy atom. The summed E-state index contributed by atoms with van der Waals surface area (Å²) in [6.07, 6.45) is 0.807. The normalized spacial score (nSPS) is 11.2. The van der Waals surface area contributed by atoms with Crippen molar-refractivity contribution in [2.45, 2.75) is 39.2 Å². The van der Waals surface area contributed by atoms with Crippen molar-refractivity contribution >= 4 is 23.2 Å². The van der Waals surface area contributed by atoms with Gasteiger partial charge in [0.2, 0.25) is 0 Å². The van der Waals surface area contributed by atoms with Crippen LogP contribution in [0.5, 0.6) is 0 Å². The van der Waals surface area contributed by atoms with Crippen LogP contribution < -0.4 is 5.32 Å². The van der Waals surface area contributed by atoms with Crippen LogP contribution in [0.15, 0.2) is 12.1 Å². The summed E-state index contributed by atoms with van der Waals surface area (Å²) in [5.74, 6) is -1.13. The molecule has 0 atom stereocenters. The van der Waals surface area contributed by atoms with E-state index in [-0.39, 0.29) is 12.3 Å². The van der Waals surface area contributed by atoms with Crippen LogP contribution in [0.4, 0.5) is 0 Å². The Kier molecular flexibility index (Phi) is 4.28. The van der Waals surface area contributed by atoms with E-state index in [0.29, 0.717) is 4.88 Å². The van der Waals surface area contributed by atoms with Crippen LogP contribution in [-0.4, -0.2) is 22.5 Å². The molecular formula is C12H17NO3S. The van der Waals surface area contributed by atoms with Crippen molar-refractivity contribution in [3.63, 3.8) is 0 Å². The van der Waals surface area contributed by atoms with Crippen LogP contribution in [0, 0.1) is 0 Å². The van der Waals surface area contributed by atoms with Gasteiger partial charge in [0.25, 0.3) is 5.91 Å². The highest BCUT2D eigenvalue weighted by atomic mass is 32.1. The summed E-state index contributed by atoms with van der Waals surface area (Å²) < 4.78 is 0. The molecule has 0 saturated heterocycles. The van der Waals surface area contributed by atoms with Gasteiger partial charge >= 0.3 is 5.97 Å². The Labute approximate surface area is 105 Å². The molecule has 2 N–H and O–H groups in total. The maximum atomic E-state index is 11.9. The fraction of sp³-hybridized carbons (Fsp3) is 0.500. The monoisotopic (exact) mass is 255 g/mol. The number of carboxylic acids is 1. The predicted octanol–water partition coefficient (Wildman–Crippen LogP) is 2.29. The zero-order chi connectivity index (χ0) is 13.1. The van der Waals surface area contributed by atoms with E-state index in [1.807, 2.05) is 13.0 Å². The van der Waals surface area contributed by atoms with Crippen molar-refractivity contribution in [2.75, 3.05) is 0 Å². The molecule has 0 aliphatic rings. The molecule has 17 heavy (non-hydrogen) atoms. The second kappa shape index (κ2) is 5.31. The Morgan fingerprint density at radius 2 is 2.06 bits per heavy atom. The zero-order valence-corrected chi connectivity index (χ0v) is 11.1. The number of carbonyl (C=O) groups is 2. The molecule has 94 valence electrons. The fourth-order valence-corrected chi connectivity index (χ4v) is 2.32. The van der Waals surface area contributed by atoms with E-state index < -0.39 is 11.5 Å². The summed E-state index contributed by atoms with van der Waals surface area (Å²) >= 11 is 1.44. The van der Waals surface area contributed by atoms with Gasteiger partial charge in [-0.1, -0.05) is 6.92 Å². The van der Waals surface area contributed by atoms with Gasteiger partial charge in [0, 0.05) is 10.4 Å². The van der Waals surface area contributed by atoms with E-state index in [0.717, 1.165) is 11.3 Å². The summed E-state index contributed by atoms with van der Waals surface area (Å²) in [4.78, 5) is 24.3. The zero-order valence-electron chi connectivity index (χ0n) is 10.2. The SMILES string of the molecule is CCc1ccc(C(=O)NC(C)(C)CC(=O)O)s1. The molecule has 0 saturated carbocycles. The quantitative estimate of drug-likeness (QED) is 0.848. The molecule has 1 amide bonds. The third kappa shape index (κ3) is 4.19. The lowest BCUT2D eigenvalue weighted by molar-refractivity contribution is -0.138. The number of aryl methyl sites for hydroxylation is 1. The van der Waals surface area contributed by atoms with Crippen molar-refractivity contribution < 1.29 is 14.7 Å². The average molecular weight is 255 g/mol. The van der Waals surface area contributed by atoms with E-state index in [1.165, 1.54) is 11.3 Å². The van der Waals surface area contributed by atoms with Gasteiger partial charge in [-0.3, -0.25) is 9.59 Å². The van der Waals surface area contributed by atoms with Crippen LogP contribution >= 0.6 is 11.3 Å². The Bertz CT molecular complexity index is 423. The predicted molar refractivity (Wildman–Crippen MR) is 67.5 cm³/mol. The molecule has 0 aromatic carbocycles. The molecule has 0 radical (unpaired) electrons. The van der Waals surface area contributed by atoms with Gasteiger partial charge in [0.1, 0.15) is 0 Å². The minimum atomic E-state index is -0.921. The van der Waals surface area contributed by atoms with Crippen LogP contribution in [0.1, 0.15) is 41.7 Å². The maximum absolute atomic E-state index is 11.9. The van der Waals surface area contributed by atoms with Gasteiger partial charge in [-0.2, -0.15) is 0 Å². The minimum absolute atomic E-state index is 0.0925. The highest BCUT2D eigenvalue weighted by molar-refractivity contribution is 7.14. The van der Waals surface area contributed by atoms with Crippen LogP contribution in [-0.2, 0) is 11.2 Å². The third-order valence-electron chi connectivity index (χ3n) is 2.28. The van der Waals surface area contributed by atoms with Crippen molar-refractivity contribution in [1.82, 2.24) is 5.32 Å². The van der Waals surface area contributed by atoms with Gasteiger partial charge in [-0.25, -0.2) is 0 Å². The largest absolute Gasteiger partial charge is 0.481 e. The number of carboxylic acid groups (broad SMARTS) is 1. The number of aliphatic carboxylic acids is 1. The lowest BCUT2D eigenvalue weighted by atomic mass is 10.0. The molecular weight excluding hydrogens is 238 g/mol. The molecule has 0 spiro atoms. The molecule has 5 heteroatoms. The summed E-state index contributed by atoms with van der Waals surface area (Å²) in [6, 6.07) is 3.69. The maximum Gasteiger partial charge on any atom is 0.305 e. The van der Waals surface area contributed by atoms with Gasteiger partial charge in [-0.15, -0.1) is 11.3 Å². The van der Waals surface area contributed by atoms with E-state index in [4.69, 9.17) is 5.11 Å². The number of amides is 1. The molecule has 1 aromatic heterocycles. The number of carbonyl (C=O) groups excluding carboxylic acids is 1. The summed E-state index contributed by atoms with van der Waals surface area (Å²) in [5.41, 5.74) is -0.737. The first-order valence-corrected chi connectivity index (χ1v) is 6.29. The third-order valence-corrected chi connectivity index (χ3v) is 3.51. The van der Waals surface area contributed by atoms with Crippen LogP contribution in [0.3, 0.4) is 0 Å². The Balaban J connectivity index is 2.68. The smallest absolute Gasteiger partial charge is 0.305 e. The molecule has 1 aromatic rings. The number of rotatable bonds is 5. The van der Waals surface area contributed by atoms with Gasteiger partial charge in [0.05, 0.1) is 11.3 Å². The van der Waals surface area contributed by atoms with Gasteiger partial charge < -0.3 is 10.4 Å². The molecule has 0 unspecified atom stereocenters. The lowest BCUT2D eigenvalue weighted by Gasteiger charge is -2.23. The highest BCUT2D eigenvalue weighted by Gasteiger charge is 2.24. The second-order valence-electron chi connectivity index (χ2n) is 4.53. The number of nitrogens with one attached hydrogen (secondary N) is 1. The number of hydrogen-bond donors (Lipinski definition) is 2. The van der Waals surface area contributed by atoms with Crippen molar-refractivity contribution in [3.8, 4) is 0 Å². The van der Waals surface area contributed by atoms with Crippen molar-refractivity contribution in [2.24, 2.45) is 0 Å². The number of thiophene rings is 1. The van der Waals surface area contributed by atoms with Crippen molar-refractivity contribution in [3.05, 3.63) is 21.9 Å². The summed E-state index contributed by atoms with van der Waals surface area (Å²) in [5, 5.41) is 11.5. The summed E-state index contributed by atoms with van der Waals surface area (Å²) in [6.45, 7) is 5.43. The molecule has 1 rings (SSSR count). The van der Waals surface area contributed by atoms with Gasteiger partial charge in [-0.05, 0) is 32.4 Å². The average Bonchev–Trinajstić information content (AvgIpc) is 2.62. The fourth-order valence-electron chi connectivity index (χ4n) is 1.48. The lowest BCUT2D eigenvalue weighted by Crippen LogP contribution is -2.44. The Morgan fingerprint density at radius 1 is 1.41 bits per heavy atom. The first-order valence-electron chi connectivity index (χ1n) is 5.47. The molecule has 4 nitrogen and oxygen atoms in total. The standard InChI is InChI=1S/C12H17NO3S/c1-4-8-5-6-9(17-8)11(16)13-12(2,3)7-10(14)15/h5-6H,4,7H2,1-3H3,(H,13,16)(H,14,15). The van der Waals surface area contributed by atoms with Gasteiger partial charge in [0.15, 0.2) is 0 Å².